The molecular formula is C7H7ClN2. The Kier molecular flexibility index (Phi) is 4.26. The van der Waals surface area contributed by atoms with Gasteiger partial charge in [-0.3, -0.25) is 4.98 Å². The van der Waals surface area contributed by atoms with Crippen LogP contribution in [0.3, 0.4) is 0 Å². The smallest absolute Gasteiger partial charge is 0.0774 e. The molecule has 0 saturated heterocycles. The third kappa shape index (κ3) is 2.47. The number of nitrogens with zero attached hydrogens (tertiary/aromatic N) is 2. The molecule has 52 valence electrons. The summed E-state index contributed by atoms with van der Waals surface area (Å²) in [7, 11) is 0. The van der Waals surface area contributed by atoms with E-state index in [1.165, 1.54) is 0 Å². The Hall–Kier alpha value is -1.07. The standard InChI is InChI=1S/C7H6N2.ClH/c8-5-4-7-3-1-2-6-9-7;/h1-3,6H,4H2;1H. The first-order valence-corrected chi connectivity index (χ1v) is 2.70. The van der Waals surface area contributed by atoms with E-state index >= 15 is 0 Å². The summed E-state index contributed by atoms with van der Waals surface area (Å²) in [6.45, 7) is 0. The van der Waals surface area contributed by atoms with Gasteiger partial charge in [-0.25, -0.2) is 0 Å². The second kappa shape index (κ2) is 4.78. The predicted molar refractivity (Wildman–Crippen MR) is 40.8 cm³/mol. The van der Waals surface area contributed by atoms with Crippen molar-refractivity contribution in [2.75, 3.05) is 0 Å². The molecule has 1 aromatic heterocycles. The van der Waals surface area contributed by atoms with Gasteiger partial charge in [0.15, 0.2) is 0 Å². The van der Waals surface area contributed by atoms with Gasteiger partial charge in [-0.2, -0.15) is 5.26 Å². The zero-order valence-corrected chi connectivity index (χ0v) is 6.14. The van der Waals surface area contributed by atoms with Crippen LogP contribution in [0.5, 0.6) is 0 Å². The van der Waals surface area contributed by atoms with Crippen LogP contribution in [0.2, 0.25) is 0 Å². The van der Waals surface area contributed by atoms with Crippen LogP contribution in [0.15, 0.2) is 24.4 Å². The highest BCUT2D eigenvalue weighted by molar-refractivity contribution is 5.85. The lowest BCUT2D eigenvalue weighted by molar-refractivity contribution is 1.12. The normalized spacial score (nSPS) is 7.50. The van der Waals surface area contributed by atoms with E-state index in [9.17, 15) is 0 Å². The maximum atomic E-state index is 8.23. The van der Waals surface area contributed by atoms with Crippen LogP contribution < -0.4 is 0 Å². The van der Waals surface area contributed by atoms with Crippen molar-refractivity contribution >= 4 is 12.4 Å². The van der Waals surface area contributed by atoms with Crippen molar-refractivity contribution in [3.8, 4) is 6.07 Å². The van der Waals surface area contributed by atoms with Gasteiger partial charge in [-0.15, -0.1) is 12.4 Å². The molecule has 0 fully saturated rings. The summed E-state index contributed by atoms with van der Waals surface area (Å²) < 4.78 is 0. The Morgan fingerprint density at radius 2 is 2.30 bits per heavy atom. The van der Waals surface area contributed by atoms with E-state index in [2.05, 4.69) is 4.98 Å². The number of nitriles is 1. The number of pyridine rings is 1. The fourth-order valence-electron chi connectivity index (χ4n) is 0.584. The van der Waals surface area contributed by atoms with Gasteiger partial charge in [0, 0.05) is 6.20 Å². The van der Waals surface area contributed by atoms with Crippen LogP contribution in [0.25, 0.3) is 0 Å². The fraction of sp³-hybridized carbons (Fsp3) is 0.143. The molecule has 3 heteroatoms. The average Bonchev–Trinajstić information content (AvgIpc) is 1.91. The third-order valence-electron chi connectivity index (χ3n) is 0.986. The number of rotatable bonds is 1. The van der Waals surface area contributed by atoms with Crippen LogP contribution in [0.4, 0.5) is 0 Å². The molecule has 0 aliphatic rings. The zero-order valence-electron chi connectivity index (χ0n) is 5.32. The first kappa shape index (κ1) is 8.93. The Morgan fingerprint density at radius 3 is 2.80 bits per heavy atom. The number of hydrogen-bond acceptors (Lipinski definition) is 2. The summed E-state index contributed by atoms with van der Waals surface area (Å²) in [6.07, 6.45) is 2.09. The predicted octanol–water partition coefficient (Wildman–Crippen LogP) is 1.57. The van der Waals surface area contributed by atoms with E-state index in [0.717, 1.165) is 5.69 Å². The molecule has 1 rings (SSSR count). The molecule has 0 atom stereocenters. The highest BCUT2D eigenvalue weighted by atomic mass is 35.5. The van der Waals surface area contributed by atoms with Gasteiger partial charge in [-0.05, 0) is 12.1 Å². The van der Waals surface area contributed by atoms with Crippen LogP contribution in [-0.2, 0) is 6.42 Å². The van der Waals surface area contributed by atoms with Gasteiger partial charge in [0.25, 0.3) is 0 Å². The molecule has 2 nitrogen and oxygen atoms in total. The molecule has 0 saturated carbocycles. The van der Waals surface area contributed by atoms with E-state index in [4.69, 9.17) is 5.26 Å². The van der Waals surface area contributed by atoms with Gasteiger partial charge >= 0.3 is 0 Å². The minimum absolute atomic E-state index is 0. The number of hydrogen-bond donors (Lipinski definition) is 0. The quantitative estimate of drug-likeness (QED) is 0.616. The lowest BCUT2D eigenvalue weighted by Crippen LogP contribution is -1.83. The van der Waals surface area contributed by atoms with Crippen LogP contribution in [0, 0.1) is 11.3 Å². The Morgan fingerprint density at radius 1 is 1.50 bits per heavy atom. The zero-order chi connectivity index (χ0) is 6.53. The summed E-state index contributed by atoms with van der Waals surface area (Å²) in [5.74, 6) is 0. The molecule has 0 radical (unpaired) electrons. The van der Waals surface area contributed by atoms with Gasteiger partial charge in [0.1, 0.15) is 0 Å². The Labute approximate surface area is 65.9 Å². The second-order valence-electron chi connectivity index (χ2n) is 1.66. The van der Waals surface area contributed by atoms with Gasteiger partial charge in [0.2, 0.25) is 0 Å². The molecule has 0 amide bonds. The molecule has 0 spiro atoms. The molecule has 0 bridgehead atoms. The monoisotopic (exact) mass is 154 g/mol. The van der Waals surface area contributed by atoms with Crippen molar-refractivity contribution in [2.24, 2.45) is 0 Å². The molecular weight excluding hydrogens is 148 g/mol. The van der Waals surface area contributed by atoms with E-state index in [1.807, 2.05) is 24.3 Å². The maximum absolute atomic E-state index is 8.23. The minimum atomic E-state index is 0. The molecule has 0 aromatic carbocycles. The lowest BCUT2D eigenvalue weighted by atomic mass is 10.3. The van der Waals surface area contributed by atoms with Gasteiger partial charge < -0.3 is 0 Å². The molecule has 0 aliphatic heterocycles. The Bertz CT molecular complexity index is 215. The highest BCUT2D eigenvalue weighted by Crippen LogP contribution is 1.91. The summed E-state index contributed by atoms with van der Waals surface area (Å²) in [4.78, 5) is 3.95. The number of halogens is 1. The molecule has 10 heavy (non-hydrogen) atoms. The molecule has 0 aliphatic carbocycles. The maximum Gasteiger partial charge on any atom is 0.0774 e. The first-order valence-electron chi connectivity index (χ1n) is 2.70. The van der Waals surface area contributed by atoms with Crippen molar-refractivity contribution in [3.63, 3.8) is 0 Å². The van der Waals surface area contributed by atoms with Gasteiger partial charge in [-0.1, -0.05) is 6.07 Å². The summed E-state index contributed by atoms with van der Waals surface area (Å²) >= 11 is 0. The topological polar surface area (TPSA) is 36.7 Å². The van der Waals surface area contributed by atoms with Crippen molar-refractivity contribution in [1.29, 1.82) is 5.26 Å². The SMILES string of the molecule is Cl.N#CCc1ccccn1. The number of aromatic nitrogens is 1. The van der Waals surface area contributed by atoms with Crippen molar-refractivity contribution in [2.45, 2.75) is 6.42 Å². The largest absolute Gasteiger partial charge is 0.260 e. The summed E-state index contributed by atoms with van der Waals surface area (Å²) in [5.41, 5.74) is 0.833. The molecule has 1 aromatic rings. The molecule has 1 heterocycles. The van der Waals surface area contributed by atoms with E-state index in [1.54, 1.807) is 6.20 Å². The fourth-order valence-corrected chi connectivity index (χ4v) is 0.584. The summed E-state index contributed by atoms with van der Waals surface area (Å²) in [6, 6.07) is 7.57. The van der Waals surface area contributed by atoms with Crippen molar-refractivity contribution in [3.05, 3.63) is 30.1 Å². The molecule has 0 N–H and O–H groups in total. The van der Waals surface area contributed by atoms with Crippen LogP contribution in [-0.4, -0.2) is 4.98 Å². The third-order valence-corrected chi connectivity index (χ3v) is 0.986. The lowest BCUT2D eigenvalue weighted by Gasteiger charge is -1.87. The second-order valence-corrected chi connectivity index (χ2v) is 1.66. The van der Waals surface area contributed by atoms with Crippen LogP contribution in [0.1, 0.15) is 5.69 Å². The van der Waals surface area contributed by atoms with E-state index in [-0.39, 0.29) is 12.4 Å². The van der Waals surface area contributed by atoms with Crippen LogP contribution >= 0.6 is 12.4 Å². The minimum Gasteiger partial charge on any atom is -0.260 e. The summed E-state index contributed by atoms with van der Waals surface area (Å²) in [5, 5.41) is 8.23. The van der Waals surface area contributed by atoms with Gasteiger partial charge in [0.05, 0.1) is 18.2 Å². The first-order chi connectivity index (χ1) is 4.43. The highest BCUT2D eigenvalue weighted by Gasteiger charge is 1.86. The Balaban J connectivity index is 0.000000810. The van der Waals surface area contributed by atoms with Crippen molar-refractivity contribution in [1.82, 2.24) is 4.98 Å². The molecule has 0 unspecified atom stereocenters. The van der Waals surface area contributed by atoms with E-state index in [0.29, 0.717) is 6.42 Å². The average molecular weight is 155 g/mol. The van der Waals surface area contributed by atoms with Crippen molar-refractivity contribution < 1.29 is 0 Å². The van der Waals surface area contributed by atoms with E-state index < -0.39 is 0 Å².